The van der Waals surface area contributed by atoms with Crippen LogP contribution in [0.1, 0.15) is 31.1 Å². The van der Waals surface area contributed by atoms with Crippen molar-refractivity contribution in [2.45, 2.75) is 25.3 Å². The molecule has 13 nitrogen and oxygen atoms in total. The number of alkyl halides is 2. The van der Waals surface area contributed by atoms with Gasteiger partial charge >= 0.3 is 6.03 Å². The Morgan fingerprint density at radius 2 is 1.70 bits per heavy atom. The van der Waals surface area contributed by atoms with Gasteiger partial charge in [-0.05, 0) is 32.0 Å². The molecule has 234 valence electrons. The zero-order chi connectivity index (χ0) is 30.4. The number of fused-ring (bicyclic) bond motifs is 2. The van der Waals surface area contributed by atoms with E-state index in [-0.39, 0.29) is 12.1 Å². The van der Waals surface area contributed by atoms with Crippen molar-refractivity contribution in [3.63, 3.8) is 0 Å². The molecule has 0 atom stereocenters. The van der Waals surface area contributed by atoms with E-state index in [1.807, 2.05) is 9.80 Å². The zero-order valence-corrected chi connectivity index (χ0v) is 24.9. The second-order valence-corrected chi connectivity index (χ2v) is 11.6. The number of urea groups is 1. The van der Waals surface area contributed by atoms with Crippen molar-refractivity contribution in [1.82, 2.24) is 44.2 Å². The van der Waals surface area contributed by atoms with E-state index in [1.54, 1.807) is 18.5 Å². The normalized spacial score (nSPS) is 19.1. The number of carbonyl (C=O) groups is 1. The Labute approximate surface area is 252 Å². The summed E-state index contributed by atoms with van der Waals surface area (Å²) in [6.07, 6.45) is 0.600. The summed E-state index contributed by atoms with van der Waals surface area (Å²) in [5.41, 5.74) is 3.14. The number of piperazine rings is 1. The Morgan fingerprint density at radius 3 is 2.41 bits per heavy atom. The number of nitrogens with one attached hydrogen (secondary N) is 1. The number of nitrogens with zero attached hydrogens (tertiary/aromatic N) is 9. The quantitative estimate of drug-likeness (QED) is 0.363. The third-order valence-electron chi connectivity index (χ3n) is 8.90. The number of rotatable bonds is 5. The Kier molecular flexibility index (Phi) is 7.66. The summed E-state index contributed by atoms with van der Waals surface area (Å²) in [6.45, 7) is 7.00. The van der Waals surface area contributed by atoms with Gasteiger partial charge in [-0.1, -0.05) is 0 Å². The van der Waals surface area contributed by atoms with Crippen LogP contribution in [0.3, 0.4) is 0 Å². The van der Waals surface area contributed by atoms with Crippen LogP contribution in [0.2, 0.25) is 0 Å². The average Bonchev–Trinajstić information content (AvgIpc) is 3.70. The van der Waals surface area contributed by atoms with Gasteiger partial charge in [0.1, 0.15) is 16.7 Å². The number of benzene rings is 1. The van der Waals surface area contributed by atoms with Crippen LogP contribution in [0.25, 0.3) is 33.5 Å². The van der Waals surface area contributed by atoms with E-state index in [4.69, 9.17) is 24.4 Å². The van der Waals surface area contributed by atoms with Gasteiger partial charge in [-0.25, -0.2) is 28.5 Å². The first kappa shape index (κ1) is 28.6. The predicted molar refractivity (Wildman–Crippen MR) is 159 cm³/mol. The number of hydrogen-bond acceptors (Lipinski definition) is 9. The number of halogens is 2. The first-order valence-electron chi connectivity index (χ1n) is 15.1. The molecule has 15 heteroatoms. The number of morpholine rings is 1. The maximum Gasteiger partial charge on any atom is 0.320 e. The summed E-state index contributed by atoms with van der Waals surface area (Å²) < 4.78 is 40.4. The summed E-state index contributed by atoms with van der Waals surface area (Å²) in [5, 5.41) is 0. The number of amides is 2. The van der Waals surface area contributed by atoms with Crippen molar-refractivity contribution in [2.75, 3.05) is 84.6 Å². The molecule has 3 fully saturated rings. The number of likely N-dealkylation sites (tertiary alicyclic amines) is 1. The summed E-state index contributed by atoms with van der Waals surface area (Å²) in [7, 11) is 3.57. The van der Waals surface area contributed by atoms with Gasteiger partial charge in [-0.3, -0.25) is 0 Å². The van der Waals surface area contributed by atoms with E-state index in [9.17, 15) is 13.6 Å². The molecule has 0 bridgehead atoms. The number of methoxy groups -OCH3 is 1. The highest BCUT2D eigenvalue weighted by Gasteiger charge is 2.31. The molecule has 6 heterocycles. The fourth-order valence-corrected chi connectivity index (χ4v) is 6.36. The third-order valence-corrected chi connectivity index (χ3v) is 8.90. The Morgan fingerprint density at radius 1 is 0.977 bits per heavy atom. The van der Waals surface area contributed by atoms with Crippen LogP contribution >= 0.6 is 0 Å². The van der Waals surface area contributed by atoms with E-state index >= 15 is 0 Å². The van der Waals surface area contributed by atoms with Crippen molar-refractivity contribution in [1.29, 1.82) is 0 Å². The summed E-state index contributed by atoms with van der Waals surface area (Å²) in [6, 6.07) is 3.71. The monoisotopic (exact) mass is 610 g/mol. The van der Waals surface area contributed by atoms with Crippen LogP contribution in [-0.2, 0) is 4.74 Å². The smallest absolute Gasteiger partial charge is 0.320 e. The lowest BCUT2D eigenvalue weighted by molar-refractivity contribution is 0.109. The van der Waals surface area contributed by atoms with Crippen molar-refractivity contribution in [2.24, 2.45) is 0 Å². The van der Waals surface area contributed by atoms with Crippen LogP contribution in [0.15, 0.2) is 18.5 Å². The molecule has 0 unspecified atom stereocenters. The van der Waals surface area contributed by atoms with Gasteiger partial charge in [-0.2, -0.15) is 4.98 Å². The van der Waals surface area contributed by atoms with Crippen LogP contribution in [0.5, 0.6) is 5.75 Å². The van der Waals surface area contributed by atoms with Gasteiger partial charge in [-0.15, -0.1) is 0 Å². The van der Waals surface area contributed by atoms with Crippen molar-refractivity contribution < 1.29 is 23.0 Å². The second-order valence-electron chi connectivity index (χ2n) is 11.6. The Balaban J connectivity index is 1.24. The molecule has 4 aromatic rings. The van der Waals surface area contributed by atoms with Gasteiger partial charge in [0.05, 0.1) is 32.2 Å². The number of piperidine rings is 1. The van der Waals surface area contributed by atoms with E-state index < -0.39 is 12.2 Å². The van der Waals surface area contributed by atoms with Crippen LogP contribution in [0, 0.1) is 0 Å². The van der Waals surface area contributed by atoms with Gasteiger partial charge in [0, 0.05) is 64.0 Å². The average molecular weight is 611 g/mol. The molecular weight excluding hydrogens is 574 g/mol. The molecule has 2 amide bonds. The molecule has 44 heavy (non-hydrogen) atoms. The molecule has 3 saturated heterocycles. The van der Waals surface area contributed by atoms with Crippen LogP contribution < -0.4 is 9.64 Å². The number of H-pyrrole nitrogens is 1. The Hall–Kier alpha value is -4.11. The van der Waals surface area contributed by atoms with Crippen molar-refractivity contribution in [3.05, 3.63) is 24.3 Å². The maximum absolute atomic E-state index is 13.5. The molecule has 3 aliphatic heterocycles. The first-order valence-corrected chi connectivity index (χ1v) is 15.1. The number of ether oxygens (including phenoxy) is 2. The molecule has 3 aromatic heterocycles. The fraction of sp³-hybridized carbons (Fsp3) is 0.552. The van der Waals surface area contributed by atoms with Crippen LogP contribution in [-0.4, -0.2) is 130 Å². The standard InChI is InChI=1S/C29H36F2N10O3/c1-37-9-11-40(12-10-37)29(42)39-7-5-18(6-8-39)41-17-32-23-21(35-28(36-27(23)41)38-13-15-44-16-14-38)19-3-4-20-22(24(19)43-2)34-26(33-20)25(30)31/h3-4,17-18,25H,5-16H2,1-2H3,(H,33,34). The maximum atomic E-state index is 13.5. The van der Waals surface area contributed by atoms with E-state index in [2.05, 4.69) is 31.4 Å². The summed E-state index contributed by atoms with van der Waals surface area (Å²) in [5.74, 6) is 0.459. The molecule has 3 aliphatic rings. The largest absolute Gasteiger partial charge is 0.494 e. The highest BCUT2D eigenvalue weighted by molar-refractivity contribution is 5.97. The number of aromatic amines is 1. The minimum atomic E-state index is -2.74. The number of anilines is 1. The topological polar surface area (TPSA) is 121 Å². The Bertz CT molecular complexity index is 1650. The molecule has 1 N–H and O–H groups in total. The van der Waals surface area contributed by atoms with E-state index in [0.717, 1.165) is 39.0 Å². The van der Waals surface area contributed by atoms with Crippen molar-refractivity contribution in [3.8, 4) is 17.0 Å². The predicted octanol–water partition coefficient (Wildman–Crippen LogP) is 3.16. The van der Waals surface area contributed by atoms with E-state index in [1.165, 1.54) is 7.11 Å². The zero-order valence-electron chi connectivity index (χ0n) is 24.9. The molecule has 0 saturated carbocycles. The molecule has 1 aromatic carbocycles. The number of aromatic nitrogens is 6. The first-order chi connectivity index (χ1) is 21.4. The lowest BCUT2D eigenvalue weighted by Gasteiger charge is -2.39. The summed E-state index contributed by atoms with van der Waals surface area (Å²) in [4.78, 5) is 43.0. The number of imidazole rings is 2. The SMILES string of the molecule is COc1c(-c2nc(N3CCOCC3)nc3c2ncn3C2CCN(C(=O)N3CCN(C)CC3)CC2)ccc2[nH]c(C(F)F)nc12. The van der Waals surface area contributed by atoms with Gasteiger partial charge < -0.3 is 38.6 Å². The molecule has 0 radical (unpaired) electrons. The van der Waals surface area contributed by atoms with Crippen molar-refractivity contribution >= 4 is 34.2 Å². The third kappa shape index (κ3) is 5.17. The molecule has 0 spiro atoms. The molecule has 0 aliphatic carbocycles. The highest BCUT2D eigenvalue weighted by atomic mass is 19.3. The lowest BCUT2D eigenvalue weighted by Crippen LogP contribution is -2.53. The number of likely N-dealkylation sites (N-methyl/N-ethyl adjacent to an activating group) is 1. The lowest BCUT2D eigenvalue weighted by atomic mass is 10.0. The molecular formula is C29H36F2N10O3. The highest BCUT2D eigenvalue weighted by Crippen LogP contribution is 2.40. The minimum Gasteiger partial charge on any atom is -0.494 e. The second kappa shape index (κ2) is 11.8. The minimum absolute atomic E-state index is 0.0983. The molecule has 7 rings (SSSR count). The van der Waals surface area contributed by atoms with Gasteiger partial charge in [0.25, 0.3) is 6.43 Å². The van der Waals surface area contributed by atoms with Gasteiger partial charge in [0.15, 0.2) is 17.2 Å². The fourth-order valence-electron chi connectivity index (χ4n) is 6.36. The summed E-state index contributed by atoms with van der Waals surface area (Å²) >= 11 is 0. The number of carbonyl (C=O) groups excluding carboxylic acids is 1. The van der Waals surface area contributed by atoms with E-state index in [0.29, 0.717) is 84.5 Å². The number of hydrogen-bond donors (Lipinski definition) is 1. The van der Waals surface area contributed by atoms with Crippen LogP contribution in [0.4, 0.5) is 19.5 Å². The van der Waals surface area contributed by atoms with Gasteiger partial charge in [0.2, 0.25) is 5.95 Å².